The maximum absolute atomic E-state index is 11.0. The van der Waals surface area contributed by atoms with Crippen molar-refractivity contribution in [3.63, 3.8) is 0 Å². The van der Waals surface area contributed by atoms with Crippen LogP contribution in [0.2, 0.25) is 0 Å². The van der Waals surface area contributed by atoms with E-state index in [9.17, 15) is 9.59 Å². The molecule has 7 heteroatoms. The van der Waals surface area contributed by atoms with Crippen molar-refractivity contribution in [3.05, 3.63) is 11.1 Å². The zero-order chi connectivity index (χ0) is 14.2. The van der Waals surface area contributed by atoms with E-state index in [0.717, 1.165) is 25.7 Å². The first kappa shape index (κ1) is 14.6. The van der Waals surface area contributed by atoms with E-state index in [1.165, 1.54) is 24.2 Å². The second-order valence-electron chi connectivity index (χ2n) is 4.56. The summed E-state index contributed by atoms with van der Waals surface area (Å²) in [7, 11) is 0. The van der Waals surface area contributed by atoms with Crippen molar-refractivity contribution >= 4 is 34.9 Å². The quantitative estimate of drug-likeness (QED) is 0.378. The van der Waals surface area contributed by atoms with Gasteiger partial charge in [0.1, 0.15) is 11.8 Å². The van der Waals surface area contributed by atoms with Gasteiger partial charge in [-0.1, -0.05) is 18.0 Å². The molecule has 0 atom stereocenters. The highest BCUT2D eigenvalue weighted by Gasteiger charge is 2.15. The molecule has 1 aliphatic rings. The van der Waals surface area contributed by atoms with Crippen LogP contribution in [0, 0.1) is 0 Å². The van der Waals surface area contributed by atoms with E-state index in [4.69, 9.17) is 4.84 Å². The molecule has 0 saturated heterocycles. The first-order valence-corrected chi connectivity index (χ1v) is 7.49. The molecule has 1 aromatic heterocycles. The number of carbonyl (C=O) groups excluding carboxylic acids is 2. The van der Waals surface area contributed by atoms with Gasteiger partial charge in [-0.3, -0.25) is 9.59 Å². The van der Waals surface area contributed by atoms with Crippen LogP contribution in [0.25, 0.3) is 0 Å². The van der Waals surface area contributed by atoms with Crippen molar-refractivity contribution < 1.29 is 14.4 Å². The SMILES string of the molecule is O=[C]C(=NOC1CCCCCC1)c1csc(NC=O)n1. The molecule has 0 spiro atoms. The van der Waals surface area contributed by atoms with Gasteiger partial charge in [-0.15, -0.1) is 11.3 Å². The smallest absolute Gasteiger partial charge is 0.259 e. The van der Waals surface area contributed by atoms with Crippen molar-refractivity contribution in [2.24, 2.45) is 5.16 Å². The van der Waals surface area contributed by atoms with Crippen LogP contribution >= 0.6 is 11.3 Å². The number of aromatic nitrogens is 1. The molecular formula is C13H16N3O3S. The molecule has 1 N–H and O–H groups in total. The van der Waals surface area contributed by atoms with Crippen LogP contribution < -0.4 is 5.32 Å². The van der Waals surface area contributed by atoms with E-state index in [0.29, 0.717) is 17.2 Å². The number of oxime groups is 1. The molecule has 0 aromatic carbocycles. The Labute approximate surface area is 121 Å². The van der Waals surface area contributed by atoms with E-state index in [-0.39, 0.29) is 11.8 Å². The number of nitrogens with one attached hydrogen (secondary N) is 1. The number of rotatable bonds is 6. The average Bonchev–Trinajstić information content (AvgIpc) is 2.75. The highest BCUT2D eigenvalue weighted by atomic mass is 32.1. The van der Waals surface area contributed by atoms with Gasteiger partial charge in [0.05, 0.1) is 0 Å². The molecule has 0 unspecified atom stereocenters. The first-order valence-electron chi connectivity index (χ1n) is 6.61. The highest BCUT2D eigenvalue weighted by molar-refractivity contribution is 7.14. The average molecular weight is 294 g/mol. The zero-order valence-electron chi connectivity index (χ0n) is 11.0. The fourth-order valence-corrected chi connectivity index (χ4v) is 2.75. The van der Waals surface area contributed by atoms with E-state index in [1.54, 1.807) is 11.7 Å². The Balaban J connectivity index is 2.00. The van der Waals surface area contributed by atoms with E-state index in [1.807, 2.05) is 0 Å². The molecule has 20 heavy (non-hydrogen) atoms. The Morgan fingerprint density at radius 3 is 2.85 bits per heavy atom. The standard InChI is InChI=1S/C13H16N3O3S/c17-7-11(12-8-20-13(15-12)14-9-18)16-19-10-5-3-1-2-4-6-10/h8-10H,1-6H2,(H,14,15,18). The third-order valence-electron chi connectivity index (χ3n) is 3.12. The number of thiazole rings is 1. The summed E-state index contributed by atoms with van der Waals surface area (Å²) in [4.78, 5) is 30.8. The molecule has 1 amide bonds. The van der Waals surface area contributed by atoms with Gasteiger partial charge in [0.2, 0.25) is 6.41 Å². The third kappa shape index (κ3) is 4.12. The second kappa shape index (κ2) is 7.74. The summed E-state index contributed by atoms with van der Waals surface area (Å²) < 4.78 is 0. The molecule has 6 nitrogen and oxygen atoms in total. The predicted octanol–water partition coefficient (Wildman–Crippen LogP) is 2.26. The maximum atomic E-state index is 11.0. The lowest BCUT2D eigenvalue weighted by atomic mass is 10.2. The van der Waals surface area contributed by atoms with E-state index in [2.05, 4.69) is 15.5 Å². The minimum Gasteiger partial charge on any atom is -0.392 e. The summed E-state index contributed by atoms with van der Waals surface area (Å²) in [6.45, 7) is 0. The van der Waals surface area contributed by atoms with Crippen LogP contribution in [0.3, 0.4) is 0 Å². The number of hydrogen-bond donors (Lipinski definition) is 1. The summed E-state index contributed by atoms with van der Waals surface area (Å²) in [6, 6.07) is 0. The van der Waals surface area contributed by atoms with Crippen molar-refractivity contribution in [2.75, 3.05) is 5.32 Å². The molecular weight excluding hydrogens is 278 g/mol. The largest absolute Gasteiger partial charge is 0.392 e. The zero-order valence-corrected chi connectivity index (χ0v) is 11.8. The molecule has 1 aliphatic carbocycles. The normalized spacial score (nSPS) is 17.3. The van der Waals surface area contributed by atoms with Gasteiger partial charge < -0.3 is 10.2 Å². The van der Waals surface area contributed by atoms with Crippen molar-refractivity contribution in [1.82, 2.24) is 4.98 Å². The molecule has 1 radical (unpaired) electrons. The Bertz CT molecular complexity index is 479. The molecule has 1 heterocycles. The maximum Gasteiger partial charge on any atom is 0.259 e. The summed E-state index contributed by atoms with van der Waals surface area (Å²) >= 11 is 1.21. The van der Waals surface area contributed by atoms with Crippen LogP contribution in [-0.4, -0.2) is 29.5 Å². The molecule has 107 valence electrons. The highest BCUT2D eigenvalue weighted by Crippen LogP contribution is 2.20. The predicted molar refractivity (Wildman–Crippen MR) is 76.6 cm³/mol. The van der Waals surface area contributed by atoms with Gasteiger partial charge in [0.25, 0.3) is 6.29 Å². The summed E-state index contributed by atoms with van der Waals surface area (Å²) in [5, 5.41) is 8.33. The minimum atomic E-state index is 0.0319. The first-order chi connectivity index (χ1) is 9.83. The van der Waals surface area contributed by atoms with E-state index < -0.39 is 0 Å². The molecule has 1 fully saturated rings. The van der Waals surface area contributed by atoms with Gasteiger partial charge in [-0.25, -0.2) is 4.98 Å². The fraction of sp³-hybridized carbons (Fsp3) is 0.538. The Kier molecular flexibility index (Phi) is 5.67. The topological polar surface area (TPSA) is 80.6 Å². The lowest BCUT2D eigenvalue weighted by Gasteiger charge is -2.11. The lowest BCUT2D eigenvalue weighted by molar-refractivity contribution is -0.105. The van der Waals surface area contributed by atoms with Crippen LogP contribution in [0.5, 0.6) is 0 Å². The monoisotopic (exact) mass is 294 g/mol. The molecule has 0 bridgehead atoms. The Morgan fingerprint density at radius 1 is 1.45 bits per heavy atom. The molecule has 1 aromatic rings. The fourth-order valence-electron chi connectivity index (χ4n) is 2.09. The van der Waals surface area contributed by atoms with Gasteiger partial charge in [-0.2, -0.15) is 0 Å². The summed E-state index contributed by atoms with van der Waals surface area (Å²) in [5.74, 6) is 0. The van der Waals surface area contributed by atoms with Gasteiger partial charge in [0, 0.05) is 5.38 Å². The summed E-state index contributed by atoms with van der Waals surface area (Å²) in [6.07, 6.45) is 8.96. The van der Waals surface area contributed by atoms with E-state index >= 15 is 0 Å². The third-order valence-corrected chi connectivity index (χ3v) is 3.89. The second-order valence-corrected chi connectivity index (χ2v) is 5.42. The van der Waals surface area contributed by atoms with Gasteiger partial charge in [0.15, 0.2) is 10.8 Å². The van der Waals surface area contributed by atoms with Crippen LogP contribution in [0.15, 0.2) is 10.5 Å². The molecule has 1 saturated carbocycles. The summed E-state index contributed by atoms with van der Waals surface area (Å²) in [5.41, 5.74) is 0.396. The number of amides is 1. The van der Waals surface area contributed by atoms with Crippen molar-refractivity contribution in [1.29, 1.82) is 0 Å². The van der Waals surface area contributed by atoms with Crippen LogP contribution in [0.1, 0.15) is 44.2 Å². The minimum absolute atomic E-state index is 0.0319. The number of nitrogens with zero attached hydrogens (tertiary/aromatic N) is 2. The number of hydrogen-bond acceptors (Lipinski definition) is 6. The van der Waals surface area contributed by atoms with Crippen molar-refractivity contribution in [3.8, 4) is 0 Å². The molecule has 2 rings (SSSR count). The Morgan fingerprint density at radius 2 is 2.20 bits per heavy atom. The van der Waals surface area contributed by atoms with Gasteiger partial charge in [-0.05, 0) is 25.7 Å². The van der Waals surface area contributed by atoms with Crippen LogP contribution in [0.4, 0.5) is 5.13 Å². The van der Waals surface area contributed by atoms with Crippen LogP contribution in [-0.2, 0) is 14.4 Å². The number of carbonyl (C=O) groups is 1. The molecule has 0 aliphatic heterocycles. The van der Waals surface area contributed by atoms with Gasteiger partial charge >= 0.3 is 0 Å². The lowest BCUT2D eigenvalue weighted by Crippen LogP contribution is -2.11. The number of anilines is 1. The van der Waals surface area contributed by atoms with Crippen molar-refractivity contribution in [2.45, 2.75) is 44.6 Å². The Hall–Kier alpha value is -1.76.